The van der Waals surface area contributed by atoms with E-state index in [2.05, 4.69) is 172 Å². The quantitative estimate of drug-likeness (QED) is 0.0402. The first-order chi connectivity index (χ1) is 30.8. The lowest BCUT2D eigenvalue weighted by Gasteiger charge is -2.29. The Bertz CT molecular complexity index is 2280. The maximum atomic E-state index is 11.5. The van der Waals surface area contributed by atoms with Crippen molar-refractivity contribution in [1.82, 2.24) is 0 Å². The third-order valence-electron chi connectivity index (χ3n) is 11.8. The molecule has 0 aromatic heterocycles. The fourth-order valence-electron chi connectivity index (χ4n) is 7.87. The zero-order valence-corrected chi connectivity index (χ0v) is 38.0. The number of benzene rings is 6. The van der Waals surface area contributed by atoms with Crippen molar-refractivity contribution in [2.75, 3.05) is 37.2 Å². The monoisotopic (exact) mass is 856 g/mol. The van der Waals surface area contributed by atoms with Crippen LogP contribution in [0.3, 0.4) is 0 Å². The number of hydrogen-bond donors (Lipinski definition) is 0. The molecule has 0 aliphatic rings. The van der Waals surface area contributed by atoms with Crippen molar-refractivity contribution in [1.29, 1.82) is 0 Å². The van der Waals surface area contributed by atoms with Gasteiger partial charge < -0.3 is 28.7 Å². The van der Waals surface area contributed by atoms with Gasteiger partial charge in [0.25, 0.3) is 0 Å². The third kappa shape index (κ3) is 11.7. The first kappa shape index (κ1) is 46.4. The van der Waals surface area contributed by atoms with E-state index in [1.54, 1.807) is 14.2 Å². The van der Waals surface area contributed by atoms with Gasteiger partial charge in [0.1, 0.15) is 11.5 Å². The SMILES string of the molecule is C=CC(=O)OCCCC(C)(C)c1ccc(N(c2ccc(OC)cc2)c2ccc(-c3ccc(N(c4ccc(OC)cc4)c4ccc(C(C)(C)CCCOC(=O)C=C)cc4)cc3)cc2)cc1. The average Bonchev–Trinajstić information content (AvgIpc) is 3.33. The molecule has 0 aliphatic heterocycles. The number of ether oxygens (including phenoxy) is 4. The van der Waals surface area contributed by atoms with Gasteiger partial charge in [-0.05, 0) is 156 Å². The van der Waals surface area contributed by atoms with Crippen LogP contribution in [0.4, 0.5) is 34.1 Å². The van der Waals surface area contributed by atoms with Gasteiger partial charge in [-0.1, -0.05) is 89.4 Å². The summed E-state index contributed by atoms with van der Waals surface area (Å²) in [5, 5.41) is 0. The molecule has 330 valence electrons. The highest BCUT2D eigenvalue weighted by Crippen LogP contribution is 2.41. The number of esters is 2. The summed E-state index contributed by atoms with van der Waals surface area (Å²) in [6.45, 7) is 16.6. The average molecular weight is 857 g/mol. The summed E-state index contributed by atoms with van der Waals surface area (Å²) < 4.78 is 21.4. The fraction of sp³-hybridized carbons (Fsp3) is 0.250. The molecule has 0 bridgehead atoms. The van der Waals surface area contributed by atoms with E-state index in [4.69, 9.17) is 18.9 Å². The van der Waals surface area contributed by atoms with Gasteiger partial charge in [-0.25, -0.2) is 9.59 Å². The number of methoxy groups -OCH3 is 2. The molecule has 6 rings (SSSR count). The van der Waals surface area contributed by atoms with E-state index in [1.165, 1.54) is 23.3 Å². The topological polar surface area (TPSA) is 77.5 Å². The van der Waals surface area contributed by atoms with Gasteiger partial charge in [0.2, 0.25) is 0 Å². The molecule has 8 heteroatoms. The zero-order chi connectivity index (χ0) is 45.7. The normalized spacial score (nSPS) is 11.3. The van der Waals surface area contributed by atoms with Gasteiger partial charge in [0.15, 0.2) is 0 Å². The molecule has 0 saturated carbocycles. The minimum Gasteiger partial charge on any atom is -0.497 e. The molecule has 0 N–H and O–H groups in total. The Morgan fingerprint density at radius 2 is 0.719 bits per heavy atom. The smallest absolute Gasteiger partial charge is 0.330 e. The lowest BCUT2D eigenvalue weighted by Crippen LogP contribution is -2.18. The largest absolute Gasteiger partial charge is 0.497 e. The summed E-state index contributed by atoms with van der Waals surface area (Å²) in [6, 6.07) is 51.0. The molecule has 0 radical (unpaired) electrons. The maximum Gasteiger partial charge on any atom is 0.330 e. The Kier molecular flexibility index (Phi) is 15.5. The Hall–Kier alpha value is -7.06. The summed E-state index contributed by atoms with van der Waals surface area (Å²) in [6.07, 6.45) is 5.65. The van der Waals surface area contributed by atoms with E-state index in [0.717, 1.165) is 82.4 Å². The number of hydrogen-bond acceptors (Lipinski definition) is 8. The number of nitrogens with zero attached hydrogens (tertiary/aromatic N) is 2. The minimum atomic E-state index is -0.390. The van der Waals surface area contributed by atoms with Crippen LogP contribution in [0.2, 0.25) is 0 Å². The van der Waals surface area contributed by atoms with Crippen LogP contribution in [0, 0.1) is 0 Å². The van der Waals surface area contributed by atoms with Crippen LogP contribution < -0.4 is 19.3 Å². The first-order valence-corrected chi connectivity index (χ1v) is 21.7. The molecule has 0 amide bonds. The summed E-state index contributed by atoms with van der Waals surface area (Å²) in [7, 11) is 3.35. The van der Waals surface area contributed by atoms with Crippen molar-refractivity contribution in [2.24, 2.45) is 0 Å². The molecular formula is C56H60N2O6. The van der Waals surface area contributed by atoms with Crippen LogP contribution in [0.5, 0.6) is 11.5 Å². The highest BCUT2D eigenvalue weighted by atomic mass is 16.5. The Morgan fingerprint density at radius 3 is 0.984 bits per heavy atom. The molecule has 0 heterocycles. The molecule has 0 spiro atoms. The lowest BCUT2D eigenvalue weighted by molar-refractivity contribution is -0.138. The number of carbonyl (C=O) groups is 2. The second kappa shape index (κ2) is 21.3. The van der Waals surface area contributed by atoms with Gasteiger partial charge in [-0.15, -0.1) is 0 Å². The van der Waals surface area contributed by atoms with Crippen molar-refractivity contribution >= 4 is 46.1 Å². The highest BCUT2D eigenvalue weighted by Gasteiger charge is 2.23. The van der Waals surface area contributed by atoms with E-state index in [0.29, 0.717) is 13.2 Å². The predicted molar refractivity (Wildman–Crippen MR) is 261 cm³/mol. The standard InChI is InChI=1S/C56H60N2O6/c1-9-53(59)63-39-11-37-55(3,4)43-17-25-47(26-18-43)57(49-29-33-51(61-7)34-30-49)45-21-13-41(14-22-45)42-15-23-46(24-16-42)58(50-31-35-52(62-8)36-32-50)48-27-19-44(20-28-48)56(5,6)38-12-40-64-54(60)10-2/h9-10,13-36H,1-2,11-12,37-40H2,3-8H3. The minimum absolute atomic E-state index is 0.110. The predicted octanol–water partition coefficient (Wildman–Crippen LogP) is 13.9. The van der Waals surface area contributed by atoms with Crippen LogP contribution >= 0.6 is 0 Å². The summed E-state index contributed by atoms with van der Waals surface area (Å²) >= 11 is 0. The van der Waals surface area contributed by atoms with E-state index in [9.17, 15) is 9.59 Å². The zero-order valence-electron chi connectivity index (χ0n) is 38.0. The number of carbonyl (C=O) groups excluding carboxylic acids is 2. The molecule has 0 atom stereocenters. The fourth-order valence-corrected chi connectivity index (χ4v) is 7.87. The van der Waals surface area contributed by atoms with Crippen molar-refractivity contribution in [3.63, 3.8) is 0 Å². The van der Waals surface area contributed by atoms with Gasteiger partial charge >= 0.3 is 11.9 Å². The summed E-state index contributed by atoms with van der Waals surface area (Å²) in [5.74, 6) is 0.807. The molecular weight excluding hydrogens is 797 g/mol. The maximum absolute atomic E-state index is 11.5. The number of anilines is 6. The van der Waals surface area contributed by atoms with E-state index in [1.807, 2.05) is 24.3 Å². The van der Waals surface area contributed by atoms with Crippen LogP contribution in [-0.4, -0.2) is 39.4 Å². The second-order valence-corrected chi connectivity index (χ2v) is 17.0. The molecule has 0 saturated heterocycles. The van der Waals surface area contributed by atoms with Crippen molar-refractivity contribution in [3.05, 3.63) is 182 Å². The first-order valence-electron chi connectivity index (χ1n) is 21.7. The van der Waals surface area contributed by atoms with Crippen molar-refractivity contribution < 1.29 is 28.5 Å². The van der Waals surface area contributed by atoms with Crippen molar-refractivity contribution in [2.45, 2.75) is 64.2 Å². The van der Waals surface area contributed by atoms with Gasteiger partial charge in [0.05, 0.1) is 27.4 Å². The van der Waals surface area contributed by atoms with Crippen LogP contribution in [0.25, 0.3) is 11.1 Å². The van der Waals surface area contributed by atoms with Crippen LogP contribution in [0.15, 0.2) is 171 Å². The van der Waals surface area contributed by atoms with Crippen LogP contribution in [-0.2, 0) is 29.9 Å². The molecule has 0 aliphatic carbocycles. The Morgan fingerprint density at radius 1 is 0.453 bits per heavy atom. The van der Waals surface area contributed by atoms with E-state index < -0.39 is 11.9 Å². The Balaban J connectivity index is 1.24. The third-order valence-corrected chi connectivity index (χ3v) is 11.8. The molecule has 6 aromatic rings. The lowest BCUT2D eigenvalue weighted by atomic mass is 9.80. The van der Waals surface area contributed by atoms with Gasteiger partial charge in [0, 0.05) is 46.3 Å². The van der Waals surface area contributed by atoms with E-state index in [-0.39, 0.29) is 10.8 Å². The van der Waals surface area contributed by atoms with E-state index >= 15 is 0 Å². The summed E-state index contributed by atoms with van der Waals surface area (Å²) in [5.41, 5.74) is 10.5. The Labute approximate surface area is 379 Å². The van der Waals surface area contributed by atoms with Gasteiger partial charge in [-0.2, -0.15) is 0 Å². The van der Waals surface area contributed by atoms with Gasteiger partial charge in [-0.3, -0.25) is 0 Å². The molecule has 6 aromatic carbocycles. The summed E-state index contributed by atoms with van der Waals surface area (Å²) in [4.78, 5) is 27.5. The highest BCUT2D eigenvalue weighted by molar-refractivity contribution is 5.82. The molecule has 8 nitrogen and oxygen atoms in total. The molecule has 0 unspecified atom stereocenters. The van der Waals surface area contributed by atoms with Crippen molar-refractivity contribution in [3.8, 4) is 22.6 Å². The molecule has 0 fully saturated rings. The molecule has 64 heavy (non-hydrogen) atoms. The second-order valence-electron chi connectivity index (χ2n) is 17.0. The number of rotatable bonds is 21. The van der Waals surface area contributed by atoms with Crippen LogP contribution in [0.1, 0.15) is 64.5 Å².